The Morgan fingerprint density at radius 2 is 1.57 bits per heavy atom. The second kappa shape index (κ2) is 13.4. The van der Waals surface area contributed by atoms with Crippen LogP contribution >= 0.6 is 0 Å². The highest BCUT2D eigenvalue weighted by Crippen LogP contribution is 2.30. The van der Waals surface area contributed by atoms with E-state index in [-0.39, 0.29) is 5.60 Å². The van der Waals surface area contributed by atoms with Crippen molar-refractivity contribution in [2.24, 2.45) is 0 Å². The molecule has 3 rings (SSSR count). The molecule has 5 nitrogen and oxygen atoms in total. The Balaban J connectivity index is 1.50. The lowest BCUT2D eigenvalue weighted by Crippen LogP contribution is -2.26. The number of amides is 1. The lowest BCUT2D eigenvalue weighted by atomic mass is 9.97. The summed E-state index contributed by atoms with van der Waals surface area (Å²) in [5, 5.41) is 2.77. The van der Waals surface area contributed by atoms with Crippen LogP contribution in [0, 0.1) is 0 Å². The molecule has 0 aliphatic heterocycles. The molecule has 0 aliphatic carbocycles. The van der Waals surface area contributed by atoms with Crippen LogP contribution in [0.3, 0.4) is 0 Å². The first kappa shape index (κ1) is 27.6. The maximum Gasteiger partial charge on any atom is 0.412 e. The highest BCUT2D eigenvalue weighted by Gasteiger charge is 2.23. The van der Waals surface area contributed by atoms with Crippen molar-refractivity contribution in [1.82, 2.24) is 5.32 Å². The fourth-order valence-electron chi connectivity index (χ4n) is 3.86. The molecule has 0 radical (unpaired) electrons. The fourth-order valence-corrected chi connectivity index (χ4v) is 3.86. The van der Waals surface area contributed by atoms with Gasteiger partial charge in [-0.3, -0.25) is 0 Å². The van der Waals surface area contributed by atoms with Crippen LogP contribution in [0.25, 0.3) is 6.08 Å². The van der Waals surface area contributed by atoms with Gasteiger partial charge in [0.05, 0.1) is 12.9 Å². The number of carbonyl (C=O) groups is 1. The quantitative estimate of drug-likeness (QED) is 0.271. The molecule has 3 aromatic carbocycles. The normalized spacial score (nSPS) is 12.1. The third-order valence-corrected chi connectivity index (χ3v) is 6.07. The van der Waals surface area contributed by atoms with Gasteiger partial charge in [0.1, 0.15) is 17.1 Å². The predicted octanol–water partition coefficient (Wildman–Crippen LogP) is 8.02. The van der Waals surface area contributed by atoms with Gasteiger partial charge in [-0.05, 0) is 73.7 Å². The van der Waals surface area contributed by atoms with Crippen LogP contribution in [0.15, 0.2) is 96.3 Å². The number of hydrogen-bond acceptors (Lipinski definition) is 4. The third kappa shape index (κ3) is 8.57. The Hall–Kier alpha value is -3.99. The number of carbonyl (C=O) groups excluding carboxylic acids is 1. The van der Waals surface area contributed by atoms with Gasteiger partial charge < -0.3 is 19.5 Å². The van der Waals surface area contributed by atoms with Crippen LogP contribution in [0.1, 0.15) is 57.2 Å². The lowest BCUT2D eigenvalue weighted by molar-refractivity contribution is 0.0256. The van der Waals surface area contributed by atoms with Gasteiger partial charge in [0.2, 0.25) is 0 Å². The van der Waals surface area contributed by atoms with Gasteiger partial charge in [-0.2, -0.15) is 0 Å². The molecule has 0 spiro atoms. The summed E-state index contributed by atoms with van der Waals surface area (Å²) < 4.78 is 16.8. The minimum atomic E-state index is -0.499. The van der Waals surface area contributed by atoms with E-state index in [4.69, 9.17) is 14.2 Å². The zero-order chi connectivity index (χ0) is 26.7. The van der Waals surface area contributed by atoms with Crippen LogP contribution in [0.2, 0.25) is 0 Å². The molecule has 3 aromatic rings. The standard InChI is InChI=1S/C32H37NO4/c1-6-30(37-32(3,4)27-13-8-7-9-14-27)24(2)11-10-12-25-15-17-26(18-16-25)23-33-31(34)36-29-21-19-28(35-5)20-22-29/h7-10,12-22H,6,11,23H2,1-5H3,(H,33,34)/b12-10+,30-24+. The molecule has 1 amide bonds. The number of allylic oxidation sites excluding steroid dienone is 3. The predicted molar refractivity (Wildman–Crippen MR) is 149 cm³/mol. The van der Waals surface area contributed by atoms with Crippen LogP contribution < -0.4 is 14.8 Å². The van der Waals surface area contributed by atoms with E-state index >= 15 is 0 Å². The van der Waals surface area contributed by atoms with E-state index in [2.05, 4.69) is 57.3 Å². The molecule has 0 saturated carbocycles. The maximum absolute atomic E-state index is 12.1. The first-order valence-corrected chi connectivity index (χ1v) is 12.6. The van der Waals surface area contributed by atoms with Crippen LogP contribution in [0.5, 0.6) is 11.5 Å². The van der Waals surface area contributed by atoms with Gasteiger partial charge >= 0.3 is 6.09 Å². The van der Waals surface area contributed by atoms with Crippen LogP contribution in [-0.4, -0.2) is 13.2 Å². The lowest BCUT2D eigenvalue weighted by Gasteiger charge is -2.29. The molecule has 37 heavy (non-hydrogen) atoms. The molecule has 0 fully saturated rings. The third-order valence-electron chi connectivity index (χ3n) is 6.07. The molecule has 0 heterocycles. The molecule has 0 aliphatic rings. The number of ether oxygens (including phenoxy) is 3. The van der Waals surface area contributed by atoms with Crippen LogP contribution in [-0.2, 0) is 16.9 Å². The minimum Gasteiger partial charge on any atom is -0.497 e. The van der Waals surface area contributed by atoms with E-state index in [1.54, 1.807) is 31.4 Å². The van der Waals surface area contributed by atoms with Gasteiger partial charge in [0.25, 0.3) is 0 Å². The molecular formula is C32H37NO4. The van der Waals surface area contributed by atoms with E-state index in [0.717, 1.165) is 35.3 Å². The van der Waals surface area contributed by atoms with Crippen molar-refractivity contribution in [3.8, 4) is 11.5 Å². The Morgan fingerprint density at radius 1 is 0.919 bits per heavy atom. The summed E-state index contributed by atoms with van der Waals surface area (Å²) >= 11 is 0. The number of methoxy groups -OCH3 is 1. The van der Waals surface area contributed by atoms with Crippen molar-refractivity contribution >= 4 is 12.2 Å². The zero-order valence-corrected chi connectivity index (χ0v) is 22.4. The number of nitrogens with one attached hydrogen (secondary N) is 1. The monoisotopic (exact) mass is 499 g/mol. The Morgan fingerprint density at radius 3 is 2.19 bits per heavy atom. The summed E-state index contributed by atoms with van der Waals surface area (Å²) in [5.74, 6) is 2.20. The first-order valence-electron chi connectivity index (χ1n) is 12.6. The summed E-state index contributed by atoms with van der Waals surface area (Å²) in [6.07, 6.45) is 5.42. The van der Waals surface area contributed by atoms with Crippen molar-refractivity contribution in [3.63, 3.8) is 0 Å². The molecular weight excluding hydrogens is 462 g/mol. The topological polar surface area (TPSA) is 56.8 Å². The van der Waals surface area contributed by atoms with Gasteiger partial charge in [-0.1, -0.05) is 73.7 Å². The molecule has 0 atom stereocenters. The highest BCUT2D eigenvalue weighted by molar-refractivity contribution is 5.70. The van der Waals surface area contributed by atoms with E-state index in [1.165, 1.54) is 5.57 Å². The minimum absolute atomic E-state index is 0.384. The molecule has 5 heteroatoms. The Kier molecular flexibility index (Phi) is 9.96. The smallest absolute Gasteiger partial charge is 0.412 e. The van der Waals surface area contributed by atoms with E-state index < -0.39 is 6.09 Å². The van der Waals surface area contributed by atoms with Crippen LogP contribution in [0.4, 0.5) is 4.79 Å². The molecule has 0 bridgehead atoms. The van der Waals surface area contributed by atoms with E-state index in [9.17, 15) is 4.79 Å². The Bertz CT molecular complexity index is 1190. The SMILES string of the molecule is CC/C(OC(C)(C)c1ccccc1)=C(/C)C/C=C/c1ccc(CNC(=O)Oc2ccc(OC)cc2)cc1. The highest BCUT2D eigenvalue weighted by atomic mass is 16.6. The van der Waals surface area contributed by atoms with Crippen molar-refractivity contribution < 1.29 is 19.0 Å². The average molecular weight is 500 g/mol. The first-order chi connectivity index (χ1) is 17.8. The fraction of sp³-hybridized carbons (Fsp3) is 0.281. The largest absolute Gasteiger partial charge is 0.497 e. The number of benzene rings is 3. The number of rotatable bonds is 11. The summed E-state index contributed by atoms with van der Waals surface area (Å²) in [4.78, 5) is 12.1. The number of hydrogen-bond donors (Lipinski definition) is 1. The summed E-state index contributed by atoms with van der Waals surface area (Å²) in [5.41, 5.74) is 4.08. The molecule has 0 saturated heterocycles. The molecule has 1 N–H and O–H groups in total. The second-order valence-corrected chi connectivity index (χ2v) is 9.30. The van der Waals surface area contributed by atoms with E-state index in [0.29, 0.717) is 18.0 Å². The zero-order valence-electron chi connectivity index (χ0n) is 22.4. The van der Waals surface area contributed by atoms with Crippen molar-refractivity contribution in [2.75, 3.05) is 7.11 Å². The van der Waals surface area contributed by atoms with Gasteiger partial charge in [0, 0.05) is 13.0 Å². The summed E-state index contributed by atoms with van der Waals surface area (Å²) in [6, 6.07) is 25.3. The van der Waals surface area contributed by atoms with Gasteiger partial charge in [-0.25, -0.2) is 4.79 Å². The van der Waals surface area contributed by atoms with Crippen molar-refractivity contribution in [2.45, 2.75) is 52.7 Å². The van der Waals surface area contributed by atoms with Crippen molar-refractivity contribution in [3.05, 3.63) is 113 Å². The molecule has 0 unspecified atom stereocenters. The average Bonchev–Trinajstić information content (AvgIpc) is 2.92. The molecule has 0 aromatic heterocycles. The molecule has 194 valence electrons. The van der Waals surface area contributed by atoms with Crippen molar-refractivity contribution in [1.29, 1.82) is 0 Å². The van der Waals surface area contributed by atoms with Gasteiger partial charge in [0.15, 0.2) is 0 Å². The maximum atomic E-state index is 12.1. The Labute approximate surface area is 220 Å². The van der Waals surface area contributed by atoms with E-state index in [1.807, 2.05) is 42.5 Å². The van der Waals surface area contributed by atoms with Gasteiger partial charge in [-0.15, -0.1) is 0 Å². The summed E-state index contributed by atoms with van der Waals surface area (Å²) in [7, 11) is 1.59. The second-order valence-electron chi connectivity index (χ2n) is 9.30. The summed E-state index contributed by atoms with van der Waals surface area (Å²) in [6.45, 7) is 8.86.